The summed E-state index contributed by atoms with van der Waals surface area (Å²) in [6, 6.07) is 3.79. The van der Waals surface area contributed by atoms with E-state index in [-0.39, 0.29) is 0 Å². The first-order valence-electron chi connectivity index (χ1n) is 6.92. The van der Waals surface area contributed by atoms with Gasteiger partial charge in [0.15, 0.2) is 0 Å². The lowest BCUT2D eigenvalue weighted by Gasteiger charge is -2.33. The van der Waals surface area contributed by atoms with Crippen LogP contribution in [0.4, 0.5) is 0 Å². The van der Waals surface area contributed by atoms with Crippen molar-refractivity contribution in [2.24, 2.45) is 0 Å². The van der Waals surface area contributed by atoms with Crippen molar-refractivity contribution in [1.29, 1.82) is 0 Å². The fraction of sp³-hybridized carbons (Fsp3) is 0.643. The maximum absolute atomic E-state index is 11.1. The highest BCUT2D eigenvalue weighted by molar-refractivity contribution is 5.85. The fourth-order valence-corrected chi connectivity index (χ4v) is 2.65. The first-order chi connectivity index (χ1) is 9.22. The number of aromatic nitrogens is 1. The van der Waals surface area contributed by atoms with Crippen LogP contribution >= 0.6 is 0 Å². The molecule has 5 heteroatoms. The number of hydrogen-bond donors (Lipinski definition) is 1. The largest absolute Gasteiger partial charge is 0.477 e. The molecule has 106 valence electrons. The predicted molar refractivity (Wildman–Crippen MR) is 72.6 cm³/mol. The lowest BCUT2D eigenvalue weighted by Crippen LogP contribution is -2.37. The van der Waals surface area contributed by atoms with Gasteiger partial charge in [0.05, 0.1) is 6.61 Å². The van der Waals surface area contributed by atoms with Crippen molar-refractivity contribution in [2.75, 3.05) is 32.8 Å². The molecule has 0 radical (unpaired) electrons. The summed E-state index contributed by atoms with van der Waals surface area (Å²) < 4.78 is 7.27. The molecule has 1 aromatic heterocycles. The quantitative estimate of drug-likeness (QED) is 0.799. The van der Waals surface area contributed by atoms with Gasteiger partial charge < -0.3 is 19.3 Å². The Balaban J connectivity index is 1.86. The number of carboxylic acid groups (broad SMARTS) is 1. The highest BCUT2D eigenvalue weighted by atomic mass is 16.5. The lowest BCUT2D eigenvalue weighted by atomic mass is 10.0. The minimum absolute atomic E-state index is 0.310. The van der Waals surface area contributed by atoms with Gasteiger partial charge in [-0.15, -0.1) is 0 Å². The molecule has 1 N–H and O–H groups in total. The van der Waals surface area contributed by atoms with E-state index in [0.717, 1.165) is 45.7 Å². The van der Waals surface area contributed by atoms with E-state index in [1.807, 2.05) is 23.8 Å². The molecule has 0 aliphatic carbocycles. The normalized spacial score (nSPS) is 17.7. The van der Waals surface area contributed by atoms with Crippen LogP contribution in [0.5, 0.6) is 0 Å². The molecule has 2 heterocycles. The van der Waals surface area contributed by atoms with E-state index in [9.17, 15) is 4.79 Å². The Morgan fingerprint density at radius 3 is 2.84 bits per heavy atom. The molecule has 2 rings (SSSR count). The minimum Gasteiger partial charge on any atom is -0.477 e. The molecule has 0 bridgehead atoms. The topological polar surface area (TPSA) is 54.7 Å². The number of aromatic carboxylic acids is 1. The van der Waals surface area contributed by atoms with E-state index in [4.69, 9.17) is 9.84 Å². The molecule has 19 heavy (non-hydrogen) atoms. The third-order valence-electron chi connectivity index (χ3n) is 3.70. The van der Waals surface area contributed by atoms with Gasteiger partial charge in [-0.3, -0.25) is 0 Å². The van der Waals surface area contributed by atoms with Crippen LogP contribution in [0.25, 0.3) is 0 Å². The average Bonchev–Trinajstić information content (AvgIpc) is 2.89. The number of ether oxygens (including phenoxy) is 1. The van der Waals surface area contributed by atoms with Gasteiger partial charge in [-0.2, -0.15) is 0 Å². The average molecular weight is 266 g/mol. The maximum Gasteiger partial charge on any atom is 0.352 e. The summed E-state index contributed by atoms with van der Waals surface area (Å²) in [6.07, 6.45) is 3.88. The lowest BCUT2D eigenvalue weighted by molar-refractivity contribution is 0.0675. The summed E-state index contributed by atoms with van der Waals surface area (Å²) in [5, 5.41) is 9.13. The van der Waals surface area contributed by atoms with Crippen LogP contribution < -0.4 is 0 Å². The zero-order valence-corrected chi connectivity index (χ0v) is 11.4. The second-order valence-electron chi connectivity index (χ2n) is 4.88. The second kappa shape index (κ2) is 6.73. The number of piperidine rings is 1. The monoisotopic (exact) mass is 266 g/mol. The Labute approximate surface area is 113 Å². The first kappa shape index (κ1) is 14.1. The van der Waals surface area contributed by atoms with Crippen molar-refractivity contribution in [3.63, 3.8) is 0 Å². The van der Waals surface area contributed by atoms with Crippen molar-refractivity contribution in [3.05, 3.63) is 24.0 Å². The van der Waals surface area contributed by atoms with E-state index < -0.39 is 5.97 Å². The second-order valence-corrected chi connectivity index (χ2v) is 4.88. The van der Waals surface area contributed by atoms with Crippen LogP contribution in [0.3, 0.4) is 0 Å². The maximum atomic E-state index is 11.1. The standard InChI is InChI=1S/C14H22N2O3/c1-2-19-11-10-15-8-5-12(6-9-15)16-7-3-4-13(16)14(17)18/h3-4,7,12H,2,5-6,8-11H2,1H3,(H,17,18). The van der Waals surface area contributed by atoms with Gasteiger partial charge in [0, 0.05) is 38.5 Å². The summed E-state index contributed by atoms with van der Waals surface area (Å²) in [4.78, 5) is 13.5. The van der Waals surface area contributed by atoms with E-state index in [1.54, 1.807) is 6.07 Å². The highest BCUT2D eigenvalue weighted by Crippen LogP contribution is 2.24. The number of carboxylic acids is 1. The summed E-state index contributed by atoms with van der Waals surface area (Å²) in [6.45, 7) is 6.54. The molecule has 1 aliphatic heterocycles. The van der Waals surface area contributed by atoms with Gasteiger partial charge in [0.2, 0.25) is 0 Å². The Morgan fingerprint density at radius 1 is 1.47 bits per heavy atom. The van der Waals surface area contributed by atoms with Crippen molar-refractivity contribution in [3.8, 4) is 0 Å². The molecular weight excluding hydrogens is 244 g/mol. The van der Waals surface area contributed by atoms with Gasteiger partial charge in [-0.05, 0) is 31.9 Å². The number of rotatable bonds is 6. The molecule has 0 unspecified atom stereocenters. The first-order valence-corrected chi connectivity index (χ1v) is 6.92. The SMILES string of the molecule is CCOCCN1CCC(n2cccc2C(=O)O)CC1. The van der Waals surface area contributed by atoms with Crippen LogP contribution in [-0.2, 0) is 4.74 Å². The van der Waals surface area contributed by atoms with Gasteiger partial charge in [-0.1, -0.05) is 0 Å². The molecule has 0 aromatic carbocycles. The van der Waals surface area contributed by atoms with E-state index in [0.29, 0.717) is 11.7 Å². The zero-order chi connectivity index (χ0) is 13.7. The molecule has 0 atom stereocenters. The smallest absolute Gasteiger partial charge is 0.352 e. The van der Waals surface area contributed by atoms with Gasteiger partial charge in [-0.25, -0.2) is 4.79 Å². The van der Waals surface area contributed by atoms with Crippen molar-refractivity contribution in [1.82, 2.24) is 9.47 Å². The number of nitrogens with zero attached hydrogens (tertiary/aromatic N) is 2. The molecule has 1 fully saturated rings. The predicted octanol–water partition coefficient (Wildman–Crippen LogP) is 1.86. The summed E-state index contributed by atoms with van der Waals surface area (Å²) in [5.74, 6) is -0.844. The van der Waals surface area contributed by atoms with Crippen LogP contribution in [0.2, 0.25) is 0 Å². The molecule has 1 saturated heterocycles. The van der Waals surface area contributed by atoms with Gasteiger partial charge in [0.25, 0.3) is 0 Å². The van der Waals surface area contributed by atoms with Crippen molar-refractivity contribution in [2.45, 2.75) is 25.8 Å². The van der Waals surface area contributed by atoms with Crippen LogP contribution in [0.15, 0.2) is 18.3 Å². The summed E-state index contributed by atoms with van der Waals surface area (Å²) in [5.41, 5.74) is 0.396. The van der Waals surface area contributed by atoms with Crippen LogP contribution in [0.1, 0.15) is 36.3 Å². The molecule has 1 aliphatic rings. The number of carbonyl (C=O) groups is 1. The van der Waals surface area contributed by atoms with E-state index in [1.165, 1.54) is 0 Å². The highest BCUT2D eigenvalue weighted by Gasteiger charge is 2.22. The van der Waals surface area contributed by atoms with Gasteiger partial charge in [0.1, 0.15) is 5.69 Å². The summed E-state index contributed by atoms with van der Waals surface area (Å²) >= 11 is 0. The molecule has 0 saturated carbocycles. The Hall–Kier alpha value is -1.33. The van der Waals surface area contributed by atoms with E-state index in [2.05, 4.69) is 4.90 Å². The number of hydrogen-bond acceptors (Lipinski definition) is 3. The number of likely N-dealkylation sites (tertiary alicyclic amines) is 1. The van der Waals surface area contributed by atoms with E-state index >= 15 is 0 Å². The minimum atomic E-state index is -0.844. The van der Waals surface area contributed by atoms with Crippen molar-refractivity contribution < 1.29 is 14.6 Å². The van der Waals surface area contributed by atoms with Crippen LogP contribution in [-0.4, -0.2) is 53.4 Å². The molecule has 0 amide bonds. The Morgan fingerprint density at radius 2 is 2.21 bits per heavy atom. The fourth-order valence-electron chi connectivity index (χ4n) is 2.65. The summed E-state index contributed by atoms with van der Waals surface area (Å²) in [7, 11) is 0. The van der Waals surface area contributed by atoms with Crippen molar-refractivity contribution >= 4 is 5.97 Å². The Kier molecular flexibility index (Phi) is 4.99. The Bertz CT molecular complexity index is 409. The van der Waals surface area contributed by atoms with Crippen LogP contribution in [0, 0.1) is 0 Å². The molecular formula is C14H22N2O3. The third-order valence-corrected chi connectivity index (χ3v) is 3.70. The molecule has 0 spiro atoms. The van der Waals surface area contributed by atoms with Gasteiger partial charge >= 0.3 is 5.97 Å². The third kappa shape index (κ3) is 3.58. The zero-order valence-electron chi connectivity index (χ0n) is 11.4. The molecule has 5 nitrogen and oxygen atoms in total. The molecule has 1 aromatic rings.